The van der Waals surface area contributed by atoms with Gasteiger partial charge in [-0.25, -0.2) is 0 Å². The molecular formula is C16H23NO2. The van der Waals surface area contributed by atoms with Crippen LogP contribution in [0.25, 0.3) is 0 Å². The summed E-state index contributed by atoms with van der Waals surface area (Å²) in [6, 6.07) is 7.94. The quantitative estimate of drug-likeness (QED) is 0.788. The highest BCUT2D eigenvalue weighted by molar-refractivity contribution is 5.90. The maximum atomic E-state index is 11.5. The van der Waals surface area contributed by atoms with Gasteiger partial charge in [-0.15, -0.1) is 0 Å². The standard InChI is InChI=1S/C16H23NO2/c1-12(2)16(19)7-5-6-14-8-10-15(11-9-14)17(4)13(3)18/h8-12H,5-7H2,1-4H3. The average molecular weight is 261 g/mol. The normalized spacial score (nSPS) is 10.6. The Morgan fingerprint density at radius 2 is 1.74 bits per heavy atom. The number of ketones is 1. The van der Waals surface area contributed by atoms with Crippen LogP contribution in [-0.2, 0) is 16.0 Å². The van der Waals surface area contributed by atoms with Gasteiger partial charge in [0.25, 0.3) is 0 Å². The molecule has 1 rings (SSSR count). The van der Waals surface area contributed by atoms with E-state index in [0.29, 0.717) is 12.2 Å². The van der Waals surface area contributed by atoms with Crippen molar-refractivity contribution in [1.29, 1.82) is 0 Å². The zero-order valence-electron chi connectivity index (χ0n) is 12.3. The third-order valence-corrected chi connectivity index (χ3v) is 3.33. The minimum Gasteiger partial charge on any atom is -0.316 e. The molecule has 0 saturated carbocycles. The van der Waals surface area contributed by atoms with Crippen molar-refractivity contribution in [3.63, 3.8) is 0 Å². The van der Waals surface area contributed by atoms with Crippen molar-refractivity contribution < 1.29 is 9.59 Å². The first-order chi connectivity index (χ1) is 8.91. The van der Waals surface area contributed by atoms with Crippen LogP contribution in [0.2, 0.25) is 0 Å². The summed E-state index contributed by atoms with van der Waals surface area (Å²) in [5.74, 6) is 0.481. The Kier molecular flexibility index (Phi) is 5.74. The van der Waals surface area contributed by atoms with Crippen LogP contribution in [-0.4, -0.2) is 18.7 Å². The van der Waals surface area contributed by atoms with Crippen LogP contribution in [0.4, 0.5) is 5.69 Å². The molecule has 0 saturated heterocycles. The fraction of sp³-hybridized carbons (Fsp3) is 0.500. The molecule has 19 heavy (non-hydrogen) atoms. The van der Waals surface area contributed by atoms with Gasteiger partial charge >= 0.3 is 0 Å². The predicted octanol–water partition coefficient (Wildman–Crippen LogP) is 3.22. The van der Waals surface area contributed by atoms with Gasteiger partial charge in [0, 0.05) is 32.0 Å². The van der Waals surface area contributed by atoms with Gasteiger partial charge in [0.1, 0.15) is 5.78 Å². The van der Waals surface area contributed by atoms with Crippen LogP contribution in [0.1, 0.15) is 39.2 Å². The average Bonchev–Trinajstić information content (AvgIpc) is 2.38. The van der Waals surface area contributed by atoms with Crippen molar-refractivity contribution >= 4 is 17.4 Å². The van der Waals surface area contributed by atoms with Crippen molar-refractivity contribution in [3.8, 4) is 0 Å². The molecule has 0 N–H and O–H groups in total. The zero-order valence-corrected chi connectivity index (χ0v) is 12.3. The van der Waals surface area contributed by atoms with Gasteiger partial charge in [0.2, 0.25) is 5.91 Å². The van der Waals surface area contributed by atoms with Crippen molar-refractivity contribution in [2.24, 2.45) is 5.92 Å². The number of hydrogen-bond acceptors (Lipinski definition) is 2. The molecule has 0 heterocycles. The molecule has 1 aromatic rings. The fourth-order valence-corrected chi connectivity index (χ4v) is 1.82. The molecule has 1 aromatic carbocycles. The van der Waals surface area contributed by atoms with Crippen LogP contribution in [0.5, 0.6) is 0 Å². The highest BCUT2D eigenvalue weighted by atomic mass is 16.2. The van der Waals surface area contributed by atoms with Crippen molar-refractivity contribution in [3.05, 3.63) is 29.8 Å². The molecule has 0 radical (unpaired) electrons. The highest BCUT2D eigenvalue weighted by Gasteiger charge is 2.07. The van der Waals surface area contributed by atoms with Gasteiger partial charge in [-0.1, -0.05) is 26.0 Å². The Morgan fingerprint density at radius 3 is 2.21 bits per heavy atom. The minimum absolute atomic E-state index is 0.0234. The second-order valence-electron chi connectivity index (χ2n) is 5.22. The first-order valence-electron chi connectivity index (χ1n) is 6.77. The van der Waals surface area contributed by atoms with Gasteiger partial charge in [0.15, 0.2) is 0 Å². The maximum absolute atomic E-state index is 11.5. The number of amides is 1. The molecule has 3 nitrogen and oxygen atoms in total. The number of benzene rings is 1. The summed E-state index contributed by atoms with van der Waals surface area (Å²) < 4.78 is 0. The highest BCUT2D eigenvalue weighted by Crippen LogP contribution is 2.15. The summed E-state index contributed by atoms with van der Waals surface area (Å²) in [6.07, 6.45) is 2.44. The second-order valence-corrected chi connectivity index (χ2v) is 5.22. The Morgan fingerprint density at radius 1 is 1.16 bits per heavy atom. The van der Waals surface area contributed by atoms with Crippen LogP contribution in [0.15, 0.2) is 24.3 Å². The summed E-state index contributed by atoms with van der Waals surface area (Å²) in [4.78, 5) is 24.4. The third-order valence-electron chi connectivity index (χ3n) is 3.33. The summed E-state index contributed by atoms with van der Waals surface area (Å²) in [6.45, 7) is 5.43. The second kappa shape index (κ2) is 7.07. The van der Waals surface area contributed by atoms with Crippen LogP contribution >= 0.6 is 0 Å². The molecule has 0 atom stereocenters. The molecular weight excluding hydrogens is 238 g/mol. The van der Waals surface area contributed by atoms with E-state index in [1.807, 2.05) is 38.1 Å². The topological polar surface area (TPSA) is 37.4 Å². The molecule has 0 fully saturated rings. The number of hydrogen-bond donors (Lipinski definition) is 0. The maximum Gasteiger partial charge on any atom is 0.223 e. The fourth-order valence-electron chi connectivity index (χ4n) is 1.82. The van der Waals surface area contributed by atoms with Crippen LogP contribution in [0, 0.1) is 5.92 Å². The van der Waals surface area contributed by atoms with E-state index in [1.54, 1.807) is 18.9 Å². The molecule has 0 unspecified atom stereocenters. The predicted molar refractivity (Wildman–Crippen MR) is 78.3 cm³/mol. The smallest absolute Gasteiger partial charge is 0.223 e. The third kappa shape index (κ3) is 4.86. The summed E-state index contributed by atoms with van der Waals surface area (Å²) in [7, 11) is 1.76. The minimum atomic E-state index is 0.0234. The van der Waals surface area contributed by atoms with E-state index in [1.165, 1.54) is 5.56 Å². The Bertz CT molecular complexity index is 435. The lowest BCUT2D eigenvalue weighted by atomic mass is 10.0. The zero-order chi connectivity index (χ0) is 14.4. The Balaban J connectivity index is 2.49. The van der Waals surface area contributed by atoms with E-state index >= 15 is 0 Å². The summed E-state index contributed by atoms with van der Waals surface area (Å²) in [5, 5.41) is 0. The molecule has 0 aromatic heterocycles. The van der Waals surface area contributed by atoms with E-state index in [9.17, 15) is 9.59 Å². The van der Waals surface area contributed by atoms with Gasteiger partial charge < -0.3 is 4.90 Å². The van der Waals surface area contributed by atoms with Gasteiger partial charge in [-0.2, -0.15) is 0 Å². The Hall–Kier alpha value is -1.64. The van der Waals surface area contributed by atoms with E-state index < -0.39 is 0 Å². The molecule has 1 amide bonds. The van der Waals surface area contributed by atoms with Gasteiger partial charge in [-0.05, 0) is 30.5 Å². The van der Waals surface area contributed by atoms with Crippen molar-refractivity contribution in [2.75, 3.05) is 11.9 Å². The SMILES string of the molecule is CC(=O)N(C)c1ccc(CCCC(=O)C(C)C)cc1. The monoisotopic (exact) mass is 261 g/mol. The lowest BCUT2D eigenvalue weighted by molar-refractivity contribution is -0.122. The van der Waals surface area contributed by atoms with E-state index in [4.69, 9.17) is 0 Å². The molecule has 0 aliphatic heterocycles. The Labute approximate surface area is 115 Å². The van der Waals surface area contributed by atoms with Crippen molar-refractivity contribution in [2.45, 2.75) is 40.0 Å². The molecule has 0 aliphatic rings. The summed E-state index contributed by atoms with van der Waals surface area (Å²) >= 11 is 0. The van der Waals surface area contributed by atoms with E-state index in [-0.39, 0.29) is 11.8 Å². The molecule has 0 bridgehead atoms. The van der Waals surface area contributed by atoms with Gasteiger partial charge in [-0.3, -0.25) is 9.59 Å². The number of Topliss-reactive ketones (excluding diaryl/α,β-unsaturated/α-hetero) is 1. The molecule has 0 aliphatic carbocycles. The van der Waals surface area contributed by atoms with E-state index in [0.717, 1.165) is 18.5 Å². The number of anilines is 1. The lowest BCUT2D eigenvalue weighted by Gasteiger charge is -2.15. The largest absolute Gasteiger partial charge is 0.316 e. The summed E-state index contributed by atoms with van der Waals surface area (Å²) in [5.41, 5.74) is 2.10. The molecule has 0 spiro atoms. The van der Waals surface area contributed by atoms with Crippen LogP contribution in [0.3, 0.4) is 0 Å². The number of carbonyl (C=O) groups excluding carboxylic acids is 2. The number of nitrogens with zero attached hydrogens (tertiary/aromatic N) is 1. The van der Waals surface area contributed by atoms with Crippen LogP contribution < -0.4 is 4.90 Å². The number of carbonyl (C=O) groups is 2. The van der Waals surface area contributed by atoms with Gasteiger partial charge in [0.05, 0.1) is 0 Å². The first kappa shape index (κ1) is 15.4. The molecule has 3 heteroatoms. The van der Waals surface area contributed by atoms with Crippen molar-refractivity contribution in [1.82, 2.24) is 0 Å². The van der Waals surface area contributed by atoms with E-state index in [2.05, 4.69) is 0 Å². The molecule has 104 valence electrons. The lowest BCUT2D eigenvalue weighted by Crippen LogP contribution is -2.22. The number of aryl methyl sites for hydroxylation is 1. The first-order valence-corrected chi connectivity index (χ1v) is 6.77. The number of rotatable bonds is 6.